The van der Waals surface area contributed by atoms with Gasteiger partial charge in [-0.1, -0.05) is 0 Å². The summed E-state index contributed by atoms with van der Waals surface area (Å²) in [7, 11) is 0. The van der Waals surface area contributed by atoms with Crippen LogP contribution < -0.4 is 10.5 Å². The molecule has 1 aromatic rings. The molecule has 0 radical (unpaired) electrons. The predicted octanol–water partition coefficient (Wildman–Crippen LogP) is 1.38. The molecule has 74 valence electrons. The molecule has 14 heavy (non-hydrogen) atoms. The molecule has 0 fully saturated rings. The van der Waals surface area contributed by atoms with Crippen LogP contribution in [-0.2, 0) is 0 Å². The Morgan fingerprint density at radius 1 is 1.57 bits per heavy atom. The van der Waals surface area contributed by atoms with E-state index in [1.165, 1.54) is 12.1 Å². The van der Waals surface area contributed by atoms with E-state index in [2.05, 4.69) is 0 Å². The van der Waals surface area contributed by atoms with Gasteiger partial charge in [-0.25, -0.2) is 0 Å². The first-order valence-electron chi connectivity index (χ1n) is 4.35. The van der Waals surface area contributed by atoms with E-state index in [-0.39, 0.29) is 11.7 Å². The summed E-state index contributed by atoms with van der Waals surface area (Å²) in [6.07, 6.45) is 0.755. The summed E-state index contributed by atoms with van der Waals surface area (Å²) >= 11 is 0. The number of ether oxygens (including phenoxy) is 1. The summed E-state index contributed by atoms with van der Waals surface area (Å²) in [4.78, 5) is 10.0. The summed E-state index contributed by atoms with van der Waals surface area (Å²) in [5.41, 5.74) is 6.71. The molecule has 1 atom stereocenters. The van der Waals surface area contributed by atoms with E-state index >= 15 is 0 Å². The lowest BCUT2D eigenvalue weighted by molar-refractivity contribution is -0.385. The Balaban J connectivity index is 2.44. The molecule has 0 spiro atoms. The van der Waals surface area contributed by atoms with Crippen molar-refractivity contribution in [2.75, 3.05) is 6.61 Å². The van der Waals surface area contributed by atoms with Crippen molar-refractivity contribution < 1.29 is 9.66 Å². The van der Waals surface area contributed by atoms with E-state index < -0.39 is 4.92 Å². The number of non-ortho nitro benzene ring substituents is 1. The maximum Gasteiger partial charge on any atom is 0.273 e. The van der Waals surface area contributed by atoms with Gasteiger partial charge in [0.15, 0.2) is 0 Å². The second-order valence-electron chi connectivity index (χ2n) is 3.22. The standard InChI is InChI=1S/C9H10N2O3/c10-8-3-4-14-9-5-6(11(12)13)1-2-7(8)9/h1-2,5,8H,3-4,10H2/t8-/m1/s1. The van der Waals surface area contributed by atoms with E-state index in [0.29, 0.717) is 12.4 Å². The third-order valence-corrected chi connectivity index (χ3v) is 2.29. The monoisotopic (exact) mass is 194 g/mol. The Morgan fingerprint density at radius 2 is 2.36 bits per heavy atom. The van der Waals surface area contributed by atoms with Gasteiger partial charge in [0.1, 0.15) is 5.75 Å². The summed E-state index contributed by atoms with van der Waals surface area (Å²) in [6.45, 7) is 0.523. The van der Waals surface area contributed by atoms with Gasteiger partial charge in [-0.3, -0.25) is 10.1 Å². The van der Waals surface area contributed by atoms with Crippen molar-refractivity contribution in [3.05, 3.63) is 33.9 Å². The van der Waals surface area contributed by atoms with Gasteiger partial charge in [0.2, 0.25) is 0 Å². The average molecular weight is 194 g/mol. The van der Waals surface area contributed by atoms with Crippen molar-refractivity contribution in [3.8, 4) is 5.75 Å². The van der Waals surface area contributed by atoms with Gasteiger partial charge >= 0.3 is 0 Å². The fourth-order valence-electron chi connectivity index (χ4n) is 1.52. The number of rotatable bonds is 1. The molecule has 0 aliphatic carbocycles. The van der Waals surface area contributed by atoms with Crippen LogP contribution in [0.5, 0.6) is 5.75 Å². The molecule has 0 amide bonds. The molecule has 2 N–H and O–H groups in total. The van der Waals surface area contributed by atoms with Gasteiger partial charge in [0.25, 0.3) is 5.69 Å². The van der Waals surface area contributed by atoms with Crippen LogP contribution in [0.4, 0.5) is 5.69 Å². The first-order chi connectivity index (χ1) is 6.68. The minimum absolute atomic E-state index is 0.0397. The normalized spacial score (nSPS) is 19.6. The molecule has 0 bridgehead atoms. The highest BCUT2D eigenvalue weighted by atomic mass is 16.6. The molecule has 0 aromatic heterocycles. The Labute approximate surface area is 80.6 Å². The summed E-state index contributed by atoms with van der Waals surface area (Å²) in [5.74, 6) is 0.540. The summed E-state index contributed by atoms with van der Waals surface area (Å²) < 4.78 is 5.30. The van der Waals surface area contributed by atoms with Crippen LogP contribution in [0.2, 0.25) is 0 Å². The highest BCUT2D eigenvalue weighted by Gasteiger charge is 2.20. The smallest absolute Gasteiger partial charge is 0.273 e. The van der Waals surface area contributed by atoms with Crippen LogP contribution in [0, 0.1) is 10.1 Å². The minimum atomic E-state index is -0.441. The average Bonchev–Trinajstić information content (AvgIpc) is 2.17. The van der Waals surface area contributed by atoms with Gasteiger partial charge in [-0.05, 0) is 6.07 Å². The number of nitro benzene ring substituents is 1. The van der Waals surface area contributed by atoms with Crippen molar-refractivity contribution in [2.45, 2.75) is 12.5 Å². The predicted molar refractivity (Wildman–Crippen MR) is 50.1 cm³/mol. The van der Waals surface area contributed by atoms with Crippen LogP contribution in [0.15, 0.2) is 18.2 Å². The fourth-order valence-corrected chi connectivity index (χ4v) is 1.52. The second-order valence-corrected chi connectivity index (χ2v) is 3.22. The zero-order valence-electron chi connectivity index (χ0n) is 7.47. The van der Waals surface area contributed by atoms with Gasteiger partial charge in [-0.15, -0.1) is 0 Å². The molecule has 0 saturated carbocycles. The maximum absolute atomic E-state index is 10.5. The number of nitrogens with zero attached hydrogens (tertiary/aromatic N) is 1. The Hall–Kier alpha value is -1.62. The minimum Gasteiger partial charge on any atom is -0.493 e. The van der Waals surface area contributed by atoms with Crippen LogP contribution in [0.1, 0.15) is 18.0 Å². The van der Waals surface area contributed by atoms with Crippen LogP contribution in [-0.4, -0.2) is 11.5 Å². The highest BCUT2D eigenvalue weighted by molar-refractivity contribution is 5.46. The lowest BCUT2D eigenvalue weighted by Crippen LogP contribution is -2.20. The van der Waals surface area contributed by atoms with Gasteiger partial charge in [-0.2, -0.15) is 0 Å². The molecule has 1 aliphatic rings. The number of nitrogens with two attached hydrogens (primary N) is 1. The topological polar surface area (TPSA) is 78.4 Å². The number of benzene rings is 1. The third-order valence-electron chi connectivity index (χ3n) is 2.29. The Bertz CT molecular complexity index is 378. The zero-order chi connectivity index (χ0) is 10.1. The van der Waals surface area contributed by atoms with Crippen LogP contribution >= 0.6 is 0 Å². The third kappa shape index (κ3) is 1.42. The lowest BCUT2D eigenvalue weighted by Gasteiger charge is -2.22. The highest BCUT2D eigenvalue weighted by Crippen LogP contribution is 2.33. The Kier molecular flexibility index (Phi) is 2.09. The van der Waals surface area contributed by atoms with E-state index in [0.717, 1.165) is 12.0 Å². The van der Waals surface area contributed by atoms with Gasteiger partial charge in [0, 0.05) is 24.1 Å². The molecule has 0 saturated heterocycles. The van der Waals surface area contributed by atoms with E-state index in [4.69, 9.17) is 10.5 Å². The summed E-state index contributed by atoms with van der Waals surface area (Å²) in [5, 5.41) is 10.5. The first kappa shape index (κ1) is 8.96. The zero-order valence-corrected chi connectivity index (χ0v) is 7.47. The number of fused-ring (bicyclic) bond motifs is 1. The van der Waals surface area contributed by atoms with Crippen LogP contribution in [0.3, 0.4) is 0 Å². The number of hydrogen-bond acceptors (Lipinski definition) is 4. The molecular formula is C9H10N2O3. The van der Waals surface area contributed by atoms with Gasteiger partial charge in [0.05, 0.1) is 17.6 Å². The van der Waals surface area contributed by atoms with E-state index in [9.17, 15) is 10.1 Å². The van der Waals surface area contributed by atoms with Crippen molar-refractivity contribution >= 4 is 5.69 Å². The first-order valence-corrected chi connectivity index (χ1v) is 4.35. The van der Waals surface area contributed by atoms with Crippen molar-refractivity contribution in [2.24, 2.45) is 5.73 Å². The molecule has 1 aliphatic heterocycles. The fraction of sp³-hybridized carbons (Fsp3) is 0.333. The van der Waals surface area contributed by atoms with Crippen molar-refractivity contribution in [1.82, 2.24) is 0 Å². The van der Waals surface area contributed by atoms with Crippen molar-refractivity contribution in [1.29, 1.82) is 0 Å². The number of nitro groups is 1. The number of hydrogen-bond donors (Lipinski definition) is 1. The molecular weight excluding hydrogens is 184 g/mol. The molecule has 1 aromatic carbocycles. The lowest BCUT2D eigenvalue weighted by atomic mass is 10.0. The molecule has 1 heterocycles. The Morgan fingerprint density at radius 3 is 3.07 bits per heavy atom. The SMILES string of the molecule is N[C@@H]1CCOc2cc([N+](=O)[O-])ccc21. The molecule has 5 heteroatoms. The van der Waals surface area contributed by atoms with Crippen molar-refractivity contribution in [3.63, 3.8) is 0 Å². The second kappa shape index (κ2) is 3.26. The maximum atomic E-state index is 10.5. The quantitative estimate of drug-likeness (QED) is 0.541. The van der Waals surface area contributed by atoms with E-state index in [1.807, 2.05) is 0 Å². The van der Waals surface area contributed by atoms with E-state index in [1.54, 1.807) is 6.07 Å². The molecule has 5 nitrogen and oxygen atoms in total. The molecule has 2 rings (SSSR count). The van der Waals surface area contributed by atoms with Gasteiger partial charge < -0.3 is 10.5 Å². The largest absolute Gasteiger partial charge is 0.493 e. The molecule has 0 unspecified atom stereocenters. The summed E-state index contributed by atoms with van der Waals surface area (Å²) in [6, 6.07) is 4.47. The van der Waals surface area contributed by atoms with Crippen LogP contribution in [0.25, 0.3) is 0 Å².